The highest BCUT2D eigenvalue weighted by atomic mass is 19.4. The van der Waals surface area contributed by atoms with Crippen molar-refractivity contribution in [2.75, 3.05) is 45.0 Å². The molecule has 6 rings (SSSR count). The van der Waals surface area contributed by atoms with Crippen LogP contribution in [0.4, 0.5) is 19.0 Å². The van der Waals surface area contributed by atoms with Crippen LogP contribution in [-0.4, -0.2) is 86.5 Å². The zero-order valence-corrected chi connectivity index (χ0v) is 29.4. The van der Waals surface area contributed by atoms with Crippen molar-refractivity contribution in [3.8, 4) is 11.1 Å². The number of nitrogen functional groups attached to an aromatic ring is 1. The fraction of sp³-hybridized carbons (Fsp3) is 0.486. The molecule has 4 aromatic rings. The molecule has 268 valence electrons. The molecule has 6 heterocycles. The second-order valence-electron chi connectivity index (χ2n) is 14.4. The van der Waals surface area contributed by atoms with E-state index >= 15 is 0 Å². The minimum atomic E-state index is -4.39. The predicted molar refractivity (Wildman–Crippen MR) is 189 cm³/mol. The number of anilines is 1. The van der Waals surface area contributed by atoms with Gasteiger partial charge in [0, 0.05) is 97.4 Å². The van der Waals surface area contributed by atoms with Gasteiger partial charge in [-0.25, -0.2) is 4.98 Å². The number of nitrogens with one attached hydrogen (secondary N) is 1. The molecule has 0 spiro atoms. The Labute approximate surface area is 290 Å². The highest BCUT2D eigenvalue weighted by Crippen LogP contribution is 2.35. The van der Waals surface area contributed by atoms with Gasteiger partial charge in [-0.15, -0.1) is 0 Å². The number of alkyl halides is 3. The Bertz CT molecular complexity index is 1950. The lowest BCUT2D eigenvalue weighted by Crippen LogP contribution is -2.57. The summed E-state index contributed by atoms with van der Waals surface area (Å²) in [6.07, 6.45) is 0.109. The van der Waals surface area contributed by atoms with E-state index in [0.29, 0.717) is 54.5 Å². The third-order valence-corrected chi connectivity index (χ3v) is 10.5. The normalized spacial score (nSPS) is 18.5. The summed E-state index contributed by atoms with van der Waals surface area (Å²) in [4.78, 5) is 39.5. The minimum Gasteiger partial charge on any atom is -0.384 e. The van der Waals surface area contributed by atoms with Gasteiger partial charge in [-0.05, 0) is 80.5 Å². The van der Waals surface area contributed by atoms with E-state index in [1.54, 1.807) is 18.3 Å². The lowest BCUT2D eigenvalue weighted by Gasteiger charge is -2.44. The maximum atomic E-state index is 14.0. The van der Waals surface area contributed by atoms with E-state index in [0.717, 1.165) is 52.2 Å². The number of aryl methyl sites for hydroxylation is 1. The van der Waals surface area contributed by atoms with Crippen LogP contribution >= 0.6 is 0 Å². The third kappa shape index (κ3) is 7.17. The number of nitrogens with zero attached hydrogens (tertiary/aromatic N) is 5. The molecule has 0 aliphatic carbocycles. The van der Waals surface area contributed by atoms with Crippen LogP contribution in [0.15, 0.2) is 41.5 Å². The molecule has 10 nitrogen and oxygen atoms in total. The molecule has 0 bridgehead atoms. The Hall–Kier alpha value is -4.20. The average molecular weight is 693 g/mol. The number of amides is 1. The average Bonchev–Trinajstić information content (AvgIpc) is 3.46. The summed E-state index contributed by atoms with van der Waals surface area (Å²) in [7, 11) is 0. The van der Waals surface area contributed by atoms with Gasteiger partial charge in [0.1, 0.15) is 5.82 Å². The van der Waals surface area contributed by atoms with Crippen LogP contribution in [0, 0.1) is 19.8 Å². The molecule has 4 aromatic heterocycles. The number of halogens is 3. The first-order valence-electron chi connectivity index (χ1n) is 17.3. The number of pyridine rings is 3. The number of rotatable bonds is 9. The van der Waals surface area contributed by atoms with Crippen molar-refractivity contribution in [2.24, 2.45) is 11.7 Å². The molecule has 2 aliphatic heterocycles. The van der Waals surface area contributed by atoms with Crippen molar-refractivity contribution in [1.82, 2.24) is 29.1 Å². The van der Waals surface area contributed by atoms with E-state index in [1.165, 1.54) is 4.90 Å². The number of primary amides is 1. The van der Waals surface area contributed by atoms with Crippen LogP contribution in [0.3, 0.4) is 0 Å². The number of hydrogen-bond donors (Lipinski definition) is 3. The first-order chi connectivity index (χ1) is 23.6. The number of fused-ring (bicyclic) bond motifs is 2. The summed E-state index contributed by atoms with van der Waals surface area (Å²) < 4.78 is 43.9. The van der Waals surface area contributed by atoms with Gasteiger partial charge in [-0.2, -0.15) is 13.2 Å². The standard InChI is InChI=1S/C37H47F3N8O2/c1-21(2)17-45-10-8-28-30(36(50)44-23(4)31(28)19-45)14-26-18-46(12-13-47(26)20-37(38,39)40)24(5)34-22(3)29(35(42)49)15-32-27(9-11-48(32)34)25-6-7-33(41)43-16-25/h6-7,9,11,15-16,21,24,26H,8,10,12-14,17-20H2,1-5H3,(H2,41,43)(H2,42,49)(H,44,50). The van der Waals surface area contributed by atoms with Gasteiger partial charge in [0.25, 0.3) is 5.56 Å². The topological polar surface area (TPSA) is 129 Å². The van der Waals surface area contributed by atoms with Crippen molar-refractivity contribution in [3.05, 3.63) is 86.2 Å². The van der Waals surface area contributed by atoms with E-state index in [2.05, 4.69) is 33.6 Å². The monoisotopic (exact) mass is 692 g/mol. The largest absolute Gasteiger partial charge is 0.401 e. The summed E-state index contributed by atoms with van der Waals surface area (Å²) in [6.45, 7) is 12.4. The Kier molecular flexibility index (Phi) is 9.86. The summed E-state index contributed by atoms with van der Waals surface area (Å²) in [5, 5.41) is 0. The molecule has 13 heteroatoms. The molecule has 0 radical (unpaired) electrons. The molecule has 2 atom stereocenters. The number of aromatic nitrogens is 3. The minimum absolute atomic E-state index is 0.175. The second kappa shape index (κ2) is 13.8. The summed E-state index contributed by atoms with van der Waals surface area (Å²) >= 11 is 0. The van der Waals surface area contributed by atoms with Crippen LogP contribution in [0.1, 0.15) is 70.8 Å². The number of hydrogen-bond acceptors (Lipinski definition) is 7. The molecule has 50 heavy (non-hydrogen) atoms. The fourth-order valence-electron chi connectivity index (χ4n) is 8.10. The van der Waals surface area contributed by atoms with E-state index in [1.807, 2.05) is 43.5 Å². The van der Waals surface area contributed by atoms with Gasteiger partial charge in [0.05, 0.1) is 12.1 Å². The molecule has 2 aliphatic rings. The van der Waals surface area contributed by atoms with Crippen LogP contribution in [0.5, 0.6) is 0 Å². The molecule has 5 N–H and O–H groups in total. The smallest absolute Gasteiger partial charge is 0.384 e. The molecule has 0 aromatic carbocycles. The highest BCUT2D eigenvalue weighted by molar-refractivity contribution is 5.97. The Balaban J connectivity index is 1.37. The molecule has 1 fully saturated rings. The first kappa shape index (κ1) is 35.6. The Morgan fingerprint density at radius 1 is 1.10 bits per heavy atom. The molecule has 1 amide bonds. The SMILES string of the molecule is Cc1[nH]c(=O)c(CC2CN(C(C)c3c(C)c(C(N)=O)cc4c(-c5ccc(N)nc5)ccn34)CCN2CC(F)(F)F)c2c1CN(CC(C)C)CC2. The van der Waals surface area contributed by atoms with Crippen molar-refractivity contribution in [1.29, 1.82) is 0 Å². The summed E-state index contributed by atoms with van der Waals surface area (Å²) in [5.41, 5.74) is 19.3. The zero-order chi connectivity index (χ0) is 36.1. The number of nitrogens with two attached hydrogens (primary N) is 2. The summed E-state index contributed by atoms with van der Waals surface area (Å²) in [6, 6.07) is 6.44. The zero-order valence-electron chi connectivity index (χ0n) is 29.4. The lowest BCUT2D eigenvalue weighted by atomic mass is 9.90. The van der Waals surface area contributed by atoms with Gasteiger partial charge in [0.2, 0.25) is 5.91 Å². The number of carbonyl (C=O) groups excluding carboxylic acids is 1. The van der Waals surface area contributed by atoms with E-state index < -0.39 is 24.7 Å². The number of piperazine rings is 1. The van der Waals surface area contributed by atoms with Gasteiger partial charge >= 0.3 is 6.18 Å². The van der Waals surface area contributed by atoms with Gasteiger partial charge in [0.15, 0.2) is 0 Å². The first-order valence-corrected chi connectivity index (χ1v) is 17.3. The molecular weight excluding hydrogens is 645 g/mol. The number of H-pyrrole nitrogens is 1. The van der Waals surface area contributed by atoms with Crippen LogP contribution in [0.25, 0.3) is 16.6 Å². The van der Waals surface area contributed by atoms with E-state index in [9.17, 15) is 22.8 Å². The van der Waals surface area contributed by atoms with Crippen molar-refractivity contribution >= 4 is 17.2 Å². The van der Waals surface area contributed by atoms with Crippen molar-refractivity contribution in [3.63, 3.8) is 0 Å². The maximum Gasteiger partial charge on any atom is 0.401 e. The molecule has 0 saturated carbocycles. The van der Waals surface area contributed by atoms with Crippen molar-refractivity contribution in [2.45, 2.75) is 72.3 Å². The lowest BCUT2D eigenvalue weighted by molar-refractivity contribution is -0.156. The van der Waals surface area contributed by atoms with Gasteiger partial charge < -0.3 is 20.9 Å². The Morgan fingerprint density at radius 3 is 2.52 bits per heavy atom. The van der Waals surface area contributed by atoms with Crippen LogP contribution in [0.2, 0.25) is 0 Å². The number of carbonyl (C=O) groups is 1. The van der Waals surface area contributed by atoms with Crippen molar-refractivity contribution < 1.29 is 18.0 Å². The van der Waals surface area contributed by atoms with Crippen LogP contribution < -0.4 is 17.0 Å². The highest BCUT2D eigenvalue weighted by Gasteiger charge is 2.39. The fourth-order valence-corrected chi connectivity index (χ4v) is 8.10. The maximum absolute atomic E-state index is 14.0. The predicted octanol–water partition coefficient (Wildman–Crippen LogP) is 4.85. The number of aromatic amines is 1. The second-order valence-corrected chi connectivity index (χ2v) is 14.4. The van der Waals surface area contributed by atoms with Gasteiger partial charge in [-0.3, -0.25) is 24.3 Å². The quantitative estimate of drug-likeness (QED) is 0.229. The van der Waals surface area contributed by atoms with E-state index in [-0.39, 0.29) is 24.6 Å². The molecule has 1 saturated heterocycles. The molecular formula is C37H47F3N8O2. The van der Waals surface area contributed by atoms with Gasteiger partial charge in [-0.1, -0.05) is 13.8 Å². The Morgan fingerprint density at radius 2 is 1.86 bits per heavy atom. The molecule has 2 unspecified atom stereocenters. The summed E-state index contributed by atoms with van der Waals surface area (Å²) in [5.74, 6) is 0.316. The van der Waals surface area contributed by atoms with Crippen LogP contribution in [-0.2, 0) is 19.4 Å². The van der Waals surface area contributed by atoms with E-state index in [4.69, 9.17) is 11.5 Å². The third-order valence-electron chi connectivity index (χ3n) is 10.5.